The Morgan fingerprint density at radius 2 is 1.92 bits per heavy atom. The number of likely N-dealkylation sites (tertiary alicyclic amines) is 1. The molecule has 3 aliphatic rings. The summed E-state index contributed by atoms with van der Waals surface area (Å²) < 4.78 is 5.94. The molecule has 7 heteroatoms. The van der Waals surface area contributed by atoms with Gasteiger partial charge in [0.25, 0.3) is 5.69 Å². The predicted octanol–water partition coefficient (Wildman–Crippen LogP) is 1.88. The number of ether oxygens (including phenoxy) is 1. The lowest BCUT2D eigenvalue weighted by Crippen LogP contribution is -2.60. The second-order valence-corrected chi connectivity index (χ2v) is 7.55. The number of nitrogens with zero attached hydrogens (tertiary/aromatic N) is 4. The molecule has 7 nitrogen and oxygen atoms in total. The Labute approximate surface area is 148 Å². The second-order valence-electron chi connectivity index (χ2n) is 7.55. The molecule has 2 fully saturated rings. The van der Waals surface area contributed by atoms with Gasteiger partial charge in [0.15, 0.2) is 0 Å². The molecule has 0 saturated carbocycles. The van der Waals surface area contributed by atoms with Gasteiger partial charge < -0.3 is 14.5 Å². The summed E-state index contributed by atoms with van der Waals surface area (Å²) in [6.45, 7) is 7.95. The van der Waals surface area contributed by atoms with E-state index in [0.717, 1.165) is 30.9 Å². The van der Waals surface area contributed by atoms with Crippen molar-refractivity contribution >= 4 is 11.4 Å². The number of rotatable bonds is 2. The van der Waals surface area contributed by atoms with Crippen LogP contribution >= 0.6 is 0 Å². The number of piperidine rings is 1. The molecule has 0 unspecified atom stereocenters. The van der Waals surface area contributed by atoms with Crippen LogP contribution in [-0.4, -0.2) is 73.2 Å². The van der Waals surface area contributed by atoms with Gasteiger partial charge in [-0.3, -0.25) is 15.0 Å². The summed E-state index contributed by atoms with van der Waals surface area (Å²) in [7, 11) is 2.20. The number of non-ortho nitro benzene ring substituents is 1. The number of nitro benzene ring substituents is 1. The van der Waals surface area contributed by atoms with Crippen LogP contribution in [0, 0.1) is 17.0 Å². The molecule has 25 heavy (non-hydrogen) atoms. The molecule has 0 bridgehead atoms. The van der Waals surface area contributed by atoms with E-state index in [2.05, 4.69) is 21.7 Å². The van der Waals surface area contributed by atoms with Gasteiger partial charge in [-0.25, -0.2) is 0 Å². The lowest BCUT2D eigenvalue weighted by Gasteiger charge is -2.49. The molecule has 3 aliphatic heterocycles. The SMILES string of the molecule is Cc1cc([N+](=O)[O-])cc2c1N1CCN(C3CCN(C)CC3)C[C@H]1CO2. The lowest BCUT2D eigenvalue weighted by molar-refractivity contribution is -0.385. The molecule has 3 heterocycles. The molecule has 0 amide bonds. The van der Waals surface area contributed by atoms with E-state index in [0.29, 0.717) is 24.4 Å². The molecular weight excluding hydrogens is 320 g/mol. The molecular formula is C18H26N4O3. The van der Waals surface area contributed by atoms with Gasteiger partial charge >= 0.3 is 0 Å². The zero-order valence-corrected chi connectivity index (χ0v) is 15.0. The standard InChI is InChI=1S/C18H26N4O3/c1-13-9-15(22(23)24)10-17-18(13)21-8-7-20(11-16(21)12-25-17)14-3-5-19(2)6-4-14/h9-10,14,16H,3-8,11-12H2,1-2H3/t16-/m0/s1. The Balaban J connectivity index is 1.51. The first-order chi connectivity index (χ1) is 12.0. The monoisotopic (exact) mass is 346 g/mol. The van der Waals surface area contributed by atoms with E-state index in [1.54, 1.807) is 12.1 Å². The largest absolute Gasteiger partial charge is 0.489 e. The summed E-state index contributed by atoms with van der Waals surface area (Å²) in [6, 6.07) is 4.24. The molecule has 0 N–H and O–H groups in total. The van der Waals surface area contributed by atoms with Crippen molar-refractivity contribution in [1.29, 1.82) is 0 Å². The van der Waals surface area contributed by atoms with Gasteiger partial charge in [-0.2, -0.15) is 0 Å². The first kappa shape index (κ1) is 16.6. The topological polar surface area (TPSA) is 62.1 Å². The minimum absolute atomic E-state index is 0.111. The van der Waals surface area contributed by atoms with Crippen LogP contribution in [0.2, 0.25) is 0 Å². The molecule has 136 valence electrons. The van der Waals surface area contributed by atoms with Crippen molar-refractivity contribution in [3.05, 3.63) is 27.8 Å². The van der Waals surface area contributed by atoms with Crippen molar-refractivity contribution in [2.75, 3.05) is 51.3 Å². The average Bonchev–Trinajstić information content (AvgIpc) is 2.61. The van der Waals surface area contributed by atoms with E-state index in [1.165, 1.54) is 25.9 Å². The van der Waals surface area contributed by atoms with Crippen LogP contribution in [0.1, 0.15) is 18.4 Å². The van der Waals surface area contributed by atoms with E-state index in [4.69, 9.17) is 4.74 Å². The molecule has 0 aromatic heterocycles. The number of aryl methyl sites for hydroxylation is 1. The van der Waals surface area contributed by atoms with Crippen molar-refractivity contribution < 1.29 is 9.66 Å². The fraction of sp³-hybridized carbons (Fsp3) is 0.667. The number of nitro groups is 1. The highest BCUT2D eigenvalue weighted by Gasteiger charge is 2.37. The average molecular weight is 346 g/mol. The van der Waals surface area contributed by atoms with Gasteiger partial charge in [0.1, 0.15) is 12.4 Å². The van der Waals surface area contributed by atoms with Gasteiger partial charge in [0.2, 0.25) is 0 Å². The molecule has 2 saturated heterocycles. The molecule has 0 aliphatic carbocycles. The minimum Gasteiger partial charge on any atom is -0.489 e. The summed E-state index contributed by atoms with van der Waals surface area (Å²) in [5, 5.41) is 11.1. The van der Waals surface area contributed by atoms with Crippen molar-refractivity contribution in [1.82, 2.24) is 9.80 Å². The van der Waals surface area contributed by atoms with Crippen LogP contribution in [0.3, 0.4) is 0 Å². The zero-order valence-electron chi connectivity index (χ0n) is 15.0. The smallest absolute Gasteiger partial charge is 0.273 e. The van der Waals surface area contributed by atoms with Crippen molar-refractivity contribution in [2.24, 2.45) is 0 Å². The van der Waals surface area contributed by atoms with Crippen molar-refractivity contribution in [2.45, 2.75) is 31.8 Å². The third-order valence-corrected chi connectivity index (χ3v) is 5.90. The maximum Gasteiger partial charge on any atom is 0.273 e. The van der Waals surface area contributed by atoms with Gasteiger partial charge in [0.05, 0.1) is 22.7 Å². The first-order valence-electron chi connectivity index (χ1n) is 9.14. The van der Waals surface area contributed by atoms with Gasteiger partial charge in [-0.05, 0) is 45.5 Å². The molecule has 1 atom stereocenters. The molecule has 4 rings (SSSR count). The molecule has 1 aromatic carbocycles. The molecule has 0 radical (unpaired) electrons. The van der Waals surface area contributed by atoms with E-state index >= 15 is 0 Å². The van der Waals surface area contributed by atoms with E-state index in [1.807, 2.05) is 6.92 Å². The first-order valence-corrected chi connectivity index (χ1v) is 9.14. The van der Waals surface area contributed by atoms with E-state index in [-0.39, 0.29) is 10.6 Å². The summed E-state index contributed by atoms with van der Waals surface area (Å²) in [5.41, 5.74) is 2.09. The predicted molar refractivity (Wildman–Crippen MR) is 96.6 cm³/mol. The fourth-order valence-corrected chi connectivity index (χ4v) is 4.51. The Morgan fingerprint density at radius 1 is 1.16 bits per heavy atom. The number of hydrogen-bond donors (Lipinski definition) is 0. The number of anilines is 1. The quantitative estimate of drug-likeness (QED) is 0.602. The maximum absolute atomic E-state index is 11.1. The zero-order chi connectivity index (χ0) is 17.6. The Kier molecular flexibility index (Phi) is 4.29. The maximum atomic E-state index is 11.1. The highest BCUT2D eigenvalue weighted by Crippen LogP contribution is 2.41. The summed E-state index contributed by atoms with van der Waals surface area (Å²) in [4.78, 5) is 18.2. The summed E-state index contributed by atoms with van der Waals surface area (Å²) in [6.07, 6.45) is 2.48. The molecule has 0 spiro atoms. The Hall–Kier alpha value is -1.86. The molecule has 1 aromatic rings. The Bertz CT molecular complexity index is 673. The van der Waals surface area contributed by atoms with Crippen LogP contribution in [0.25, 0.3) is 0 Å². The van der Waals surface area contributed by atoms with Gasteiger partial charge in [0, 0.05) is 31.7 Å². The van der Waals surface area contributed by atoms with Crippen molar-refractivity contribution in [3.8, 4) is 5.75 Å². The number of benzene rings is 1. The van der Waals surface area contributed by atoms with Gasteiger partial charge in [-0.15, -0.1) is 0 Å². The number of piperazine rings is 1. The van der Waals surface area contributed by atoms with Crippen LogP contribution < -0.4 is 9.64 Å². The van der Waals surface area contributed by atoms with E-state index < -0.39 is 0 Å². The third kappa shape index (κ3) is 3.06. The van der Waals surface area contributed by atoms with Crippen LogP contribution in [0.15, 0.2) is 12.1 Å². The third-order valence-electron chi connectivity index (χ3n) is 5.90. The van der Waals surface area contributed by atoms with Crippen LogP contribution in [-0.2, 0) is 0 Å². The highest BCUT2D eigenvalue weighted by molar-refractivity contribution is 5.69. The number of fused-ring (bicyclic) bond motifs is 3. The summed E-state index contributed by atoms with van der Waals surface area (Å²) in [5.74, 6) is 0.663. The minimum atomic E-state index is -0.346. The second kappa shape index (κ2) is 6.46. The van der Waals surface area contributed by atoms with E-state index in [9.17, 15) is 10.1 Å². The van der Waals surface area contributed by atoms with Crippen molar-refractivity contribution in [3.63, 3.8) is 0 Å². The Morgan fingerprint density at radius 3 is 2.64 bits per heavy atom. The highest BCUT2D eigenvalue weighted by atomic mass is 16.6. The lowest BCUT2D eigenvalue weighted by atomic mass is 9.99. The van der Waals surface area contributed by atoms with Crippen LogP contribution in [0.4, 0.5) is 11.4 Å². The fourth-order valence-electron chi connectivity index (χ4n) is 4.51. The number of hydrogen-bond acceptors (Lipinski definition) is 6. The normalized spacial score (nSPS) is 25.2. The van der Waals surface area contributed by atoms with Gasteiger partial charge in [-0.1, -0.05) is 0 Å². The summed E-state index contributed by atoms with van der Waals surface area (Å²) >= 11 is 0. The van der Waals surface area contributed by atoms with Crippen LogP contribution in [0.5, 0.6) is 5.75 Å².